The van der Waals surface area contributed by atoms with Crippen LogP contribution in [0, 0.1) is 0 Å². The fraction of sp³-hybridized carbons (Fsp3) is 0.235. The van der Waals surface area contributed by atoms with Crippen molar-refractivity contribution in [2.24, 2.45) is 0 Å². The number of carbonyl (C=O) groups is 1. The van der Waals surface area contributed by atoms with Gasteiger partial charge in [-0.25, -0.2) is 0 Å². The first kappa shape index (κ1) is 13.0. The molecule has 22 heavy (non-hydrogen) atoms. The third kappa shape index (κ3) is 1.97. The van der Waals surface area contributed by atoms with Gasteiger partial charge in [-0.15, -0.1) is 0 Å². The summed E-state index contributed by atoms with van der Waals surface area (Å²) in [6, 6.07) is 11.1. The second kappa shape index (κ2) is 4.94. The molecule has 0 fully saturated rings. The van der Waals surface area contributed by atoms with E-state index in [1.165, 1.54) is 0 Å². The van der Waals surface area contributed by atoms with Crippen LogP contribution in [0.3, 0.4) is 0 Å². The van der Waals surface area contributed by atoms with Crippen LogP contribution in [0.25, 0.3) is 0 Å². The van der Waals surface area contributed by atoms with Gasteiger partial charge in [-0.05, 0) is 29.8 Å². The van der Waals surface area contributed by atoms with Gasteiger partial charge >= 0.3 is 0 Å². The normalized spacial score (nSPS) is 18.0. The molecule has 112 valence electrons. The Morgan fingerprint density at radius 1 is 1.09 bits per heavy atom. The van der Waals surface area contributed by atoms with Crippen molar-refractivity contribution in [3.05, 3.63) is 47.5 Å². The van der Waals surface area contributed by atoms with Crippen LogP contribution in [-0.4, -0.2) is 25.8 Å². The molecule has 2 aromatic carbocycles. The van der Waals surface area contributed by atoms with Crippen molar-refractivity contribution < 1.29 is 23.7 Å². The summed E-state index contributed by atoms with van der Waals surface area (Å²) in [5, 5.41) is 0. The molecular formula is C17H14O5. The molecule has 2 aliphatic heterocycles. The molecule has 0 saturated carbocycles. The topological polar surface area (TPSA) is 54.0 Å². The molecule has 5 heteroatoms. The summed E-state index contributed by atoms with van der Waals surface area (Å²) in [5.74, 6) is 2.41. The molecule has 0 aliphatic carbocycles. The van der Waals surface area contributed by atoms with E-state index in [4.69, 9.17) is 18.9 Å². The zero-order valence-electron chi connectivity index (χ0n) is 12.0. The Labute approximate surface area is 127 Å². The van der Waals surface area contributed by atoms with Gasteiger partial charge in [0.15, 0.2) is 17.6 Å². The molecule has 0 saturated heterocycles. The third-order valence-corrected chi connectivity index (χ3v) is 3.89. The van der Waals surface area contributed by atoms with Crippen LogP contribution in [0.1, 0.15) is 15.9 Å². The fourth-order valence-electron chi connectivity index (χ4n) is 2.74. The van der Waals surface area contributed by atoms with Crippen LogP contribution in [-0.2, 0) is 6.42 Å². The highest BCUT2D eigenvalue weighted by Gasteiger charge is 2.37. The molecule has 2 heterocycles. The largest absolute Gasteiger partial charge is 0.497 e. The Kier molecular flexibility index (Phi) is 2.92. The van der Waals surface area contributed by atoms with Crippen LogP contribution in [0.5, 0.6) is 23.0 Å². The lowest BCUT2D eigenvalue weighted by molar-refractivity contribution is 0.0854. The monoisotopic (exact) mass is 298 g/mol. The lowest BCUT2D eigenvalue weighted by Gasteiger charge is -2.10. The van der Waals surface area contributed by atoms with Gasteiger partial charge in [-0.1, -0.05) is 12.1 Å². The van der Waals surface area contributed by atoms with Gasteiger partial charge in [0.2, 0.25) is 18.3 Å². The van der Waals surface area contributed by atoms with Crippen molar-refractivity contribution in [1.29, 1.82) is 0 Å². The van der Waals surface area contributed by atoms with Gasteiger partial charge in [0, 0.05) is 6.42 Å². The van der Waals surface area contributed by atoms with Gasteiger partial charge < -0.3 is 18.9 Å². The van der Waals surface area contributed by atoms with Crippen LogP contribution in [0.15, 0.2) is 36.4 Å². The third-order valence-electron chi connectivity index (χ3n) is 3.89. The number of ketones is 1. The highest BCUT2D eigenvalue weighted by Crippen LogP contribution is 2.47. The number of carbonyl (C=O) groups excluding carboxylic acids is 1. The Morgan fingerprint density at radius 2 is 1.91 bits per heavy atom. The van der Waals surface area contributed by atoms with E-state index in [0.717, 1.165) is 11.3 Å². The number of ether oxygens (including phenoxy) is 4. The van der Waals surface area contributed by atoms with Gasteiger partial charge in [-0.2, -0.15) is 0 Å². The van der Waals surface area contributed by atoms with Gasteiger partial charge in [0.25, 0.3) is 0 Å². The number of Topliss-reactive ketones (excluding diaryl/α,β-unsaturated/α-hetero) is 1. The maximum absolute atomic E-state index is 12.5. The maximum atomic E-state index is 12.5. The van der Waals surface area contributed by atoms with Crippen LogP contribution in [0.2, 0.25) is 0 Å². The van der Waals surface area contributed by atoms with Crippen molar-refractivity contribution >= 4 is 5.78 Å². The SMILES string of the molecule is COc1ccc(CC2Oc3c(ccc4c3OCO4)C2=O)cc1. The van der Waals surface area contributed by atoms with E-state index in [2.05, 4.69) is 0 Å². The van der Waals surface area contributed by atoms with Crippen molar-refractivity contribution in [3.63, 3.8) is 0 Å². The maximum Gasteiger partial charge on any atom is 0.231 e. The molecule has 2 aliphatic rings. The predicted molar refractivity (Wildman–Crippen MR) is 78.0 cm³/mol. The zero-order valence-corrected chi connectivity index (χ0v) is 12.0. The number of benzene rings is 2. The van der Waals surface area contributed by atoms with E-state index in [1.807, 2.05) is 24.3 Å². The molecule has 1 atom stereocenters. The Balaban J connectivity index is 1.58. The van der Waals surface area contributed by atoms with Gasteiger partial charge in [-0.3, -0.25) is 4.79 Å². The average molecular weight is 298 g/mol. The van der Waals surface area contributed by atoms with E-state index in [9.17, 15) is 4.79 Å². The number of hydrogen-bond donors (Lipinski definition) is 0. The van der Waals surface area contributed by atoms with Gasteiger partial charge in [0.05, 0.1) is 12.7 Å². The molecule has 4 rings (SSSR count). The average Bonchev–Trinajstić information content (AvgIpc) is 3.14. The first-order chi connectivity index (χ1) is 10.8. The first-order valence-corrected chi connectivity index (χ1v) is 7.02. The molecule has 0 bridgehead atoms. The smallest absolute Gasteiger partial charge is 0.231 e. The van der Waals surface area contributed by atoms with E-state index >= 15 is 0 Å². The summed E-state index contributed by atoms with van der Waals surface area (Å²) < 4.78 is 21.7. The molecule has 0 N–H and O–H groups in total. The summed E-state index contributed by atoms with van der Waals surface area (Å²) >= 11 is 0. The molecule has 0 amide bonds. The Hall–Kier alpha value is -2.69. The minimum atomic E-state index is -0.529. The summed E-state index contributed by atoms with van der Waals surface area (Å²) in [5.41, 5.74) is 1.57. The highest BCUT2D eigenvalue weighted by molar-refractivity contribution is 6.06. The van der Waals surface area contributed by atoms with Crippen molar-refractivity contribution in [2.45, 2.75) is 12.5 Å². The van der Waals surface area contributed by atoms with E-state index in [0.29, 0.717) is 29.2 Å². The molecule has 5 nitrogen and oxygen atoms in total. The van der Waals surface area contributed by atoms with Gasteiger partial charge in [0.1, 0.15) is 5.75 Å². The van der Waals surface area contributed by atoms with Crippen molar-refractivity contribution in [1.82, 2.24) is 0 Å². The second-order valence-electron chi connectivity index (χ2n) is 5.20. The molecular weight excluding hydrogens is 284 g/mol. The standard InChI is InChI=1S/C17H14O5/c1-19-11-4-2-10(3-5-11)8-14-15(18)12-6-7-13-17(16(12)22-14)21-9-20-13/h2-7,14H,8-9H2,1H3. The number of fused-ring (bicyclic) bond motifs is 3. The lowest BCUT2D eigenvalue weighted by Crippen LogP contribution is -2.23. The van der Waals surface area contributed by atoms with E-state index < -0.39 is 6.10 Å². The quantitative estimate of drug-likeness (QED) is 0.872. The first-order valence-electron chi connectivity index (χ1n) is 7.02. The van der Waals surface area contributed by atoms with E-state index in [1.54, 1.807) is 19.2 Å². The molecule has 0 aromatic heterocycles. The number of rotatable bonds is 3. The number of methoxy groups -OCH3 is 1. The minimum absolute atomic E-state index is 0.0240. The fourth-order valence-corrected chi connectivity index (χ4v) is 2.74. The molecule has 0 radical (unpaired) electrons. The van der Waals surface area contributed by atoms with E-state index in [-0.39, 0.29) is 12.6 Å². The van der Waals surface area contributed by atoms with Crippen molar-refractivity contribution in [3.8, 4) is 23.0 Å². The number of hydrogen-bond acceptors (Lipinski definition) is 5. The second-order valence-corrected chi connectivity index (χ2v) is 5.20. The van der Waals surface area contributed by atoms with Crippen LogP contribution >= 0.6 is 0 Å². The van der Waals surface area contributed by atoms with Crippen LogP contribution < -0.4 is 18.9 Å². The molecule has 1 unspecified atom stereocenters. The Bertz CT molecular complexity index is 735. The summed E-state index contributed by atoms with van der Waals surface area (Å²) in [6.45, 7) is 0.159. The molecule has 2 aromatic rings. The summed E-state index contributed by atoms with van der Waals surface area (Å²) in [6.07, 6.45) is -0.0215. The summed E-state index contributed by atoms with van der Waals surface area (Å²) in [7, 11) is 1.62. The minimum Gasteiger partial charge on any atom is -0.497 e. The predicted octanol–water partition coefficient (Wildman–Crippen LogP) is 2.61. The Morgan fingerprint density at radius 3 is 2.68 bits per heavy atom. The van der Waals surface area contributed by atoms with Crippen LogP contribution in [0.4, 0.5) is 0 Å². The zero-order chi connectivity index (χ0) is 15.1. The van der Waals surface area contributed by atoms with Crippen molar-refractivity contribution in [2.75, 3.05) is 13.9 Å². The summed E-state index contributed by atoms with van der Waals surface area (Å²) in [4.78, 5) is 12.5. The lowest BCUT2D eigenvalue weighted by atomic mass is 10.0. The molecule has 0 spiro atoms. The highest BCUT2D eigenvalue weighted by atomic mass is 16.7.